The lowest BCUT2D eigenvalue weighted by Gasteiger charge is -2.39. The average Bonchev–Trinajstić information content (AvgIpc) is 3.34. The number of anilines is 1. The van der Waals surface area contributed by atoms with Crippen molar-refractivity contribution in [1.29, 1.82) is 0 Å². The molecule has 1 aromatic carbocycles. The second-order valence-corrected chi connectivity index (χ2v) is 10.4. The number of nitrogens with zero attached hydrogens (tertiary/aromatic N) is 4. The molecule has 1 aromatic heterocycles. The standard InChI is InChI=1S/C25H28N6O6/c1-25(2,3)37-24(36)29-12-15(13-29)30-11-14(10-27-30)9-26-17-6-4-5-16-20(17)23(35)31(22(16)34)18-7-8-19(32)28-21(18)33/h4-6,10-11,15,18,26H,7-9,12-13H2,1-3H3,(H,28,32,33). The summed E-state index contributed by atoms with van der Waals surface area (Å²) >= 11 is 0. The van der Waals surface area contributed by atoms with Gasteiger partial charge in [0, 0.05) is 43.5 Å². The maximum atomic E-state index is 13.2. The lowest BCUT2D eigenvalue weighted by molar-refractivity contribution is -0.136. The Morgan fingerprint density at radius 3 is 2.62 bits per heavy atom. The van der Waals surface area contributed by atoms with Crippen molar-refractivity contribution in [2.45, 2.75) is 57.8 Å². The van der Waals surface area contributed by atoms with Crippen LogP contribution in [-0.2, 0) is 20.9 Å². The van der Waals surface area contributed by atoms with Crippen LogP contribution in [0.2, 0.25) is 0 Å². The molecule has 2 N–H and O–H groups in total. The van der Waals surface area contributed by atoms with Crippen molar-refractivity contribution in [1.82, 2.24) is 24.9 Å². The highest BCUT2D eigenvalue weighted by Gasteiger charge is 2.45. The summed E-state index contributed by atoms with van der Waals surface area (Å²) in [6.07, 6.45) is 3.39. The Bertz CT molecular complexity index is 1300. The molecule has 0 bridgehead atoms. The number of hydrogen-bond acceptors (Lipinski definition) is 8. The molecule has 5 amide bonds. The van der Waals surface area contributed by atoms with Crippen molar-refractivity contribution in [3.8, 4) is 0 Å². The van der Waals surface area contributed by atoms with Crippen LogP contribution in [0.5, 0.6) is 0 Å². The zero-order valence-electron chi connectivity index (χ0n) is 20.8. The Hall–Kier alpha value is -4.22. The molecule has 0 saturated carbocycles. The number of nitrogens with one attached hydrogen (secondary N) is 2. The maximum Gasteiger partial charge on any atom is 0.410 e. The molecule has 1 atom stereocenters. The van der Waals surface area contributed by atoms with Gasteiger partial charge in [-0.25, -0.2) is 4.79 Å². The molecular formula is C25H28N6O6. The quantitative estimate of drug-likeness (QED) is 0.581. The summed E-state index contributed by atoms with van der Waals surface area (Å²) in [6, 6.07) is 3.95. The fraction of sp³-hybridized carbons (Fsp3) is 0.440. The first-order chi connectivity index (χ1) is 17.5. The normalized spacial score (nSPS) is 20.0. The first-order valence-electron chi connectivity index (χ1n) is 12.1. The summed E-state index contributed by atoms with van der Waals surface area (Å²) in [5, 5.41) is 9.80. The van der Waals surface area contributed by atoms with Crippen molar-refractivity contribution in [3.63, 3.8) is 0 Å². The van der Waals surface area contributed by atoms with E-state index in [1.165, 1.54) is 0 Å². The number of carbonyl (C=O) groups excluding carboxylic acids is 5. The van der Waals surface area contributed by atoms with Gasteiger partial charge in [-0.2, -0.15) is 5.10 Å². The largest absolute Gasteiger partial charge is 0.444 e. The molecule has 0 spiro atoms. The minimum Gasteiger partial charge on any atom is -0.444 e. The molecule has 5 rings (SSSR count). The fourth-order valence-corrected chi connectivity index (χ4v) is 4.63. The third-order valence-corrected chi connectivity index (χ3v) is 6.49. The van der Waals surface area contributed by atoms with Crippen LogP contribution in [0.15, 0.2) is 30.6 Å². The Balaban J connectivity index is 1.23. The SMILES string of the molecule is CC(C)(C)OC(=O)N1CC(n2cc(CNc3cccc4c3C(=O)N(C3CCC(=O)NC3=O)C4=O)cn2)C1. The molecule has 2 saturated heterocycles. The van der Waals surface area contributed by atoms with Crippen LogP contribution in [0.4, 0.5) is 10.5 Å². The Morgan fingerprint density at radius 2 is 1.92 bits per heavy atom. The number of amides is 5. The second kappa shape index (κ2) is 9.02. The van der Waals surface area contributed by atoms with Crippen LogP contribution in [-0.4, -0.2) is 74.0 Å². The van der Waals surface area contributed by atoms with Gasteiger partial charge in [0.25, 0.3) is 11.8 Å². The smallest absolute Gasteiger partial charge is 0.410 e. The van der Waals surface area contributed by atoms with E-state index in [0.29, 0.717) is 25.3 Å². The summed E-state index contributed by atoms with van der Waals surface area (Å²) in [4.78, 5) is 64.7. The van der Waals surface area contributed by atoms with Gasteiger partial charge >= 0.3 is 6.09 Å². The third kappa shape index (κ3) is 4.66. The molecular weight excluding hydrogens is 480 g/mol. The Morgan fingerprint density at radius 1 is 1.16 bits per heavy atom. The van der Waals surface area contributed by atoms with E-state index in [0.717, 1.165) is 10.5 Å². The monoisotopic (exact) mass is 508 g/mol. The fourth-order valence-electron chi connectivity index (χ4n) is 4.63. The number of benzene rings is 1. The summed E-state index contributed by atoms with van der Waals surface area (Å²) in [7, 11) is 0. The first-order valence-corrected chi connectivity index (χ1v) is 12.1. The molecule has 12 heteroatoms. The van der Waals surface area contributed by atoms with Gasteiger partial charge in [-0.15, -0.1) is 0 Å². The van der Waals surface area contributed by atoms with E-state index < -0.39 is 35.3 Å². The molecule has 3 aliphatic rings. The molecule has 0 aliphatic carbocycles. The van der Waals surface area contributed by atoms with Crippen LogP contribution in [0.3, 0.4) is 0 Å². The van der Waals surface area contributed by atoms with Crippen LogP contribution in [0, 0.1) is 0 Å². The minimum absolute atomic E-state index is 0.0449. The van der Waals surface area contributed by atoms with Crippen molar-refractivity contribution < 1.29 is 28.7 Å². The van der Waals surface area contributed by atoms with Gasteiger partial charge in [-0.1, -0.05) is 6.07 Å². The van der Waals surface area contributed by atoms with E-state index in [4.69, 9.17) is 4.74 Å². The van der Waals surface area contributed by atoms with Crippen LogP contribution in [0.1, 0.15) is 65.9 Å². The van der Waals surface area contributed by atoms with Crippen LogP contribution >= 0.6 is 0 Å². The van der Waals surface area contributed by atoms with Gasteiger partial charge in [0.2, 0.25) is 11.8 Å². The zero-order valence-corrected chi connectivity index (χ0v) is 20.8. The minimum atomic E-state index is -1.01. The highest BCUT2D eigenvalue weighted by molar-refractivity contribution is 6.25. The molecule has 194 valence electrons. The molecule has 1 unspecified atom stereocenters. The summed E-state index contributed by atoms with van der Waals surface area (Å²) in [6.45, 7) is 6.83. The highest BCUT2D eigenvalue weighted by atomic mass is 16.6. The molecule has 3 aliphatic heterocycles. The number of carbonyl (C=O) groups is 5. The van der Waals surface area contributed by atoms with Crippen molar-refractivity contribution in [3.05, 3.63) is 47.3 Å². The van der Waals surface area contributed by atoms with Gasteiger partial charge in [0.1, 0.15) is 11.6 Å². The molecule has 37 heavy (non-hydrogen) atoms. The van der Waals surface area contributed by atoms with Gasteiger partial charge < -0.3 is 15.0 Å². The topological polar surface area (TPSA) is 143 Å². The van der Waals surface area contributed by atoms with Crippen molar-refractivity contribution in [2.75, 3.05) is 18.4 Å². The van der Waals surface area contributed by atoms with E-state index >= 15 is 0 Å². The number of ether oxygens (including phenoxy) is 1. The summed E-state index contributed by atoms with van der Waals surface area (Å²) in [5.41, 5.74) is 1.20. The Labute approximate surface area is 212 Å². The summed E-state index contributed by atoms with van der Waals surface area (Å²) in [5.74, 6) is -2.18. The van der Waals surface area contributed by atoms with E-state index in [1.807, 2.05) is 27.0 Å². The Kier molecular flexibility index (Phi) is 5.97. The van der Waals surface area contributed by atoms with Crippen molar-refractivity contribution in [2.24, 2.45) is 0 Å². The zero-order chi connectivity index (χ0) is 26.5. The predicted molar refractivity (Wildman–Crippen MR) is 130 cm³/mol. The van der Waals surface area contributed by atoms with Crippen LogP contribution in [0.25, 0.3) is 0 Å². The summed E-state index contributed by atoms with van der Waals surface area (Å²) < 4.78 is 7.18. The average molecular weight is 509 g/mol. The van der Waals surface area contributed by atoms with E-state index in [9.17, 15) is 24.0 Å². The number of fused-ring (bicyclic) bond motifs is 1. The second-order valence-electron chi connectivity index (χ2n) is 10.4. The van der Waals surface area contributed by atoms with Gasteiger partial charge in [0.05, 0.1) is 23.4 Å². The van der Waals surface area contributed by atoms with E-state index in [-0.39, 0.29) is 36.1 Å². The van der Waals surface area contributed by atoms with Gasteiger partial charge in [-0.3, -0.25) is 34.1 Å². The number of hydrogen-bond donors (Lipinski definition) is 2. The molecule has 0 radical (unpaired) electrons. The van der Waals surface area contributed by atoms with Gasteiger partial charge in [-0.05, 0) is 39.3 Å². The molecule has 12 nitrogen and oxygen atoms in total. The van der Waals surface area contributed by atoms with Crippen molar-refractivity contribution >= 4 is 35.4 Å². The third-order valence-electron chi connectivity index (χ3n) is 6.49. The van der Waals surface area contributed by atoms with Gasteiger partial charge in [0.15, 0.2) is 0 Å². The number of rotatable bonds is 5. The number of aromatic nitrogens is 2. The maximum absolute atomic E-state index is 13.2. The number of piperidine rings is 1. The van der Waals surface area contributed by atoms with E-state index in [2.05, 4.69) is 15.7 Å². The van der Waals surface area contributed by atoms with Crippen LogP contribution < -0.4 is 10.6 Å². The molecule has 2 aromatic rings. The number of likely N-dealkylation sites (tertiary alicyclic amines) is 1. The first kappa shape index (κ1) is 24.5. The predicted octanol–water partition coefficient (Wildman–Crippen LogP) is 1.69. The highest BCUT2D eigenvalue weighted by Crippen LogP contribution is 2.32. The number of imide groups is 2. The molecule has 4 heterocycles. The lowest BCUT2D eigenvalue weighted by atomic mass is 10.0. The molecule has 2 fully saturated rings. The van der Waals surface area contributed by atoms with E-state index in [1.54, 1.807) is 34.0 Å². The lowest BCUT2D eigenvalue weighted by Crippen LogP contribution is -2.54.